The number of rotatable bonds is 1. The summed E-state index contributed by atoms with van der Waals surface area (Å²) in [7, 11) is -0.881. The van der Waals surface area contributed by atoms with Crippen LogP contribution in [0.15, 0.2) is 30.3 Å². The third-order valence-corrected chi connectivity index (χ3v) is 10.6. The van der Waals surface area contributed by atoms with Crippen molar-refractivity contribution in [3.8, 4) is 0 Å². The van der Waals surface area contributed by atoms with Gasteiger partial charge in [-0.1, -0.05) is 119 Å². The van der Waals surface area contributed by atoms with Crippen LogP contribution >= 0.6 is 0 Å². The Morgan fingerprint density at radius 2 is 0.917 bits per heavy atom. The van der Waals surface area contributed by atoms with Crippen LogP contribution in [0.5, 0.6) is 0 Å². The fourth-order valence-corrected chi connectivity index (χ4v) is 12.9. The lowest BCUT2D eigenvalue weighted by molar-refractivity contribution is 0.653. The van der Waals surface area contributed by atoms with Crippen LogP contribution in [-0.4, -0.2) is 18.3 Å². The molecule has 0 aliphatic rings. The number of benzene rings is 1. The van der Waals surface area contributed by atoms with E-state index in [1.807, 2.05) is 0 Å². The van der Waals surface area contributed by atoms with Gasteiger partial charge in [0, 0.05) is 9.52 Å². The van der Waals surface area contributed by atoms with E-state index in [2.05, 4.69) is 113 Å². The Morgan fingerprint density at radius 1 is 0.583 bits per heavy atom. The Hall–Kier alpha value is -0.346. The van der Waals surface area contributed by atoms with Gasteiger partial charge in [0.05, 0.1) is 8.80 Å². The first-order valence-electron chi connectivity index (χ1n) is 9.48. The summed E-state index contributed by atoms with van der Waals surface area (Å²) in [5.41, 5.74) is 0. The van der Waals surface area contributed by atoms with E-state index in [1.54, 1.807) is 5.19 Å². The molecule has 0 atom stereocenters. The van der Waals surface area contributed by atoms with E-state index < -0.39 is 8.80 Å². The van der Waals surface area contributed by atoms with E-state index in [9.17, 15) is 0 Å². The summed E-state index contributed by atoms with van der Waals surface area (Å²) in [5, 5.41) is 3.73. The zero-order valence-corrected chi connectivity index (χ0v) is 21.2. The third kappa shape index (κ3) is 10.5. The Kier molecular flexibility index (Phi) is 8.24. The Morgan fingerprint density at radius 3 is 1.12 bits per heavy atom. The highest BCUT2D eigenvalue weighted by Gasteiger charge is 2.37. The molecular weight excluding hydrogens is 320 g/mol. The van der Waals surface area contributed by atoms with Crippen molar-refractivity contribution in [2.24, 2.45) is 0 Å². The highest BCUT2D eigenvalue weighted by molar-refractivity contribution is 6.78. The highest BCUT2D eigenvalue weighted by atomic mass is 28.3. The molecule has 0 nitrogen and oxygen atoms in total. The number of hydrogen-bond acceptors (Lipinski definition) is 0. The van der Waals surface area contributed by atoms with Crippen molar-refractivity contribution in [1.29, 1.82) is 0 Å². The summed E-state index contributed by atoms with van der Waals surface area (Å²) in [6.45, 7) is 28.5. The van der Waals surface area contributed by atoms with Crippen molar-refractivity contribution >= 4 is 23.5 Å². The predicted molar refractivity (Wildman–Crippen MR) is 121 cm³/mol. The lowest BCUT2D eigenvalue weighted by atomic mass is 10.2. The van der Waals surface area contributed by atoms with Crippen molar-refractivity contribution in [1.82, 2.24) is 0 Å². The fraction of sp³-hybridized carbons (Fsp3) is 0.727. The van der Waals surface area contributed by atoms with Crippen LogP contribution in [0.1, 0.15) is 83.1 Å². The summed E-state index contributed by atoms with van der Waals surface area (Å²) < 4.78 is 0. The minimum absolute atomic E-state index is 0.0880. The lowest BCUT2D eigenvalue weighted by Gasteiger charge is -2.39. The van der Waals surface area contributed by atoms with Crippen LogP contribution in [0.3, 0.4) is 0 Å². The van der Waals surface area contributed by atoms with E-state index in [0.717, 1.165) is 0 Å². The van der Waals surface area contributed by atoms with Gasteiger partial charge in [-0.15, -0.1) is 0 Å². The van der Waals surface area contributed by atoms with Crippen molar-refractivity contribution in [3.63, 3.8) is 0 Å². The highest BCUT2D eigenvalue weighted by Crippen LogP contribution is 2.41. The molecule has 0 bridgehead atoms. The molecular formula is C22H44Si2. The maximum atomic E-state index is 2.39. The largest absolute Gasteiger partial charge is 0.0814 e. The van der Waals surface area contributed by atoms with E-state index >= 15 is 0 Å². The predicted octanol–water partition coefficient (Wildman–Crippen LogP) is 6.31. The van der Waals surface area contributed by atoms with Crippen LogP contribution in [0.4, 0.5) is 0 Å². The molecule has 0 unspecified atom stereocenters. The van der Waals surface area contributed by atoms with Gasteiger partial charge in [-0.3, -0.25) is 0 Å². The van der Waals surface area contributed by atoms with Gasteiger partial charge >= 0.3 is 0 Å². The summed E-state index contributed by atoms with van der Waals surface area (Å²) in [6.07, 6.45) is 0. The van der Waals surface area contributed by atoms with Crippen LogP contribution in [-0.2, 0) is 0 Å². The molecule has 0 radical (unpaired) electrons. The minimum atomic E-state index is -0.969. The molecule has 1 aromatic carbocycles. The molecule has 0 saturated heterocycles. The molecule has 0 aliphatic carbocycles. The van der Waals surface area contributed by atoms with Crippen LogP contribution in [0.2, 0.25) is 20.2 Å². The molecule has 2 heteroatoms. The lowest BCUT2D eigenvalue weighted by Crippen LogP contribution is -2.45. The Bertz CT molecular complexity index is 436. The average molecular weight is 365 g/mol. The normalized spacial score (nSPS) is 13.5. The van der Waals surface area contributed by atoms with Crippen LogP contribution in [0, 0.1) is 0 Å². The average Bonchev–Trinajstić information content (AvgIpc) is 2.21. The standard InChI is InChI=1S/C14H24Si.C8H20Si/c1-13(2,3)15(14(4,5)6)12-10-8-7-9-11-12;1-7(2,3)9-8(4,5)6/h7-11,15H,1-6H3;9H2,1-6H3. The topological polar surface area (TPSA) is 0 Å². The van der Waals surface area contributed by atoms with Crippen molar-refractivity contribution < 1.29 is 0 Å². The maximum Gasteiger partial charge on any atom is 0.0814 e. The van der Waals surface area contributed by atoms with Gasteiger partial charge in [-0.05, 0) is 20.2 Å². The molecule has 140 valence electrons. The van der Waals surface area contributed by atoms with Crippen molar-refractivity contribution in [3.05, 3.63) is 30.3 Å². The molecule has 0 amide bonds. The molecule has 1 rings (SSSR count). The second kappa shape index (κ2) is 8.36. The van der Waals surface area contributed by atoms with Gasteiger partial charge in [-0.2, -0.15) is 0 Å². The molecule has 0 fully saturated rings. The van der Waals surface area contributed by atoms with Gasteiger partial charge in [-0.25, -0.2) is 0 Å². The monoisotopic (exact) mass is 364 g/mol. The van der Waals surface area contributed by atoms with Crippen LogP contribution < -0.4 is 5.19 Å². The zero-order chi connectivity index (χ0) is 19.4. The summed E-state index contributed by atoms with van der Waals surface area (Å²) in [6, 6.07) is 11.1. The molecule has 1 aromatic rings. The van der Waals surface area contributed by atoms with Gasteiger partial charge in [0.15, 0.2) is 0 Å². The van der Waals surface area contributed by atoms with E-state index in [-0.39, 0.29) is 9.52 Å². The van der Waals surface area contributed by atoms with Crippen molar-refractivity contribution in [2.75, 3.05) is 0 Å². The summed E-state index contributed by atoms with van der Waals surface area (Å²) >= 11 is 0. The Labute approximate surface area is 157 Å². The van der Waals surface area contributed by atoms with Gasteiger partial charge in [0.25, 0.3) is 0 Å². The summed E-state index contributed by atoms with van der Waals surface area (Å²) in [4.78, 5) is 0. The second-order valence-corrected chi connectivity index (χ2v) is 21.5. The molecule has 24 heavy (non-hydrogen) atoms. The Balaban J connectivity index is 0.000000506. The van der Waals surface area contributed by atoms with Gasteiger partial charge in [0.2, 0.25) is 0 Å². The third-order valence-electron chi connectivity index (χ3n) is 3.93. The summed E-state index contributed by atoms with van der Waals surface area (Å²) in [5.74, 6) is 0. The molecule has 0 N–H and O–H groups in total. The first-order valence-corrected chi connectivity index (χ1v) is 12.6. The molecule has 0 aromatic heterocycles. The quantitative estimate of drug-likeness (QED) is 0.512. The van der Waals surface area contributed by atoms with Gasteiger partial charge < -0.3 is 0 Å². The molecule has 0 spiro atoms. The first kappa shape index (κ1) is 23.7. The van der Waals surface area contributed by atoms with E-state index in [0.29, 0.717) is 20.2 Å². The van der Waals surface area contributed by atoms with Gasteiger partial charge in [0.1, 0.15) is 0 Å². The molecule has 0 saturated carbocycles. The zero-order valence-electron chi connectivity index (χ0n) is 18.7. The minimum Gasteiger partial charge on any atom is -0.0633 e. The van der Waals surface area contributed by atoms with E-state index in [4.69, 9.17) is 0 Å². The second-order valence-electron chi connectivity index (χ2n) is 11.9. The fourth-order valence-electron chi connectivity index (χ4n) is 4.54. The SMILES string of the molecule is CC(C)(C)[SiH2]C(C)(C)C.CC(C)(C)[SiH](c1ccccc1)C(C)(C)C. The van der Waals surface area contributed by atoms with Crippen molar-refractivity contribution in [2.45, 2.75) is 103 Å². The maximum absolute atomic E-state index is 2.39. The molecule has 0 heterocycles. The number of hydrogen-bond donors (Lipinski definition) is 0. The molecule has 0 aliphatic heterocycles. The smallest absolute Gasteiger partial charge is 0.0633 e. The first-order chi connectivity index (χ1) is 10.4. The van der Waals surface area contributed by atoms with E-state index in [1.165, 1.54) is 0 Å². The van der Waals surface area contributed by atoms with Crippen LogP contribution in [0.25, 0.3) is 0 Å².